The highest BCUT2D eigenvalue weighted by Crippen LogP contribution is 2.07. The predicted molar refractivity (Wildman–Crippen MR) is 60.2 cm³/mol. The average Bonchev–Trinajstić information content (AvgIpc) is 2.96. The molecule has 0 fully saturated rings. The van der Waals surface area contributed by atoms with Crippen LogP contribution < -0.4 is 5.32 Å². The number of imidazole rings is 1. The van der Waals surface area contributed by atoms with Crippen LogP contribution in [0.4, 0.5) is 0 Å². The summed E-state index contributed by atoms with van der Waals surface area (Å²) in [6, 6.07) is 0. The van der Waals surface area contributed by atoms with Crippen LogP contribution in [-0.4, -0.2) is 31.1 Å². The molecule has 7 nitrogen and oxygen atoms in total. The van der Waals surface area contributed by atoms with E-state index in [0.717, 1.165) is 5.69 Å². The molecule has 2 aromatic rings. The van der Waals surface area contributed by atoms with E-state index >= 15 is 0 Å². The van der Waals surface area contributed by atoms with Crippen LogP contribution in [0.5, 0.6) is 0 Å². The minimum absolute atomic E-state index is 0.160. The zero-order valence-electron chi connectivity index (χ0n) is 9.69. The zero-order valence-corrected chi connectivity index (χ0v) is 9.69. The Balaban J connectivity index is 1.95. The van der Waals surface area contributed by atoms with E-state index in [-0.39, 0.29) is 17.6 Å². The molecule has 2 rings (SSSR count). The lowest BCUT2D eigenvalue weighted by molar-refractivity contribution is 0.0940. The van der Waals surface area contributed by atoms with Gasteiger partial charge in [-0.2, -0.15) is 0 Å². The molecule has 2 aromatic heterocycles. The molecule has 17 heavy (non-hydrogen) atoms. The second-order valence-corrected chi connectivity index (χ2v) is 3.96. The molecule has 7 heteroatoms. The van der Waals surface area contributed by atoms with Gasteiger partial charge in [-0.25, -0.2) is 9.97 Å². The van der Waals surface area contributed by atoms with Crippen LogP contribution >= 0.6 is 0 Å². The number of amides is 1. The first-order valence-electron chi connectivity index (χ1n) is 5.34. The molecule has 0 radical (unpaired) electrons. The quantitative estimate of drug-likeness (QED) is 0.720. The maximum Gasteiger partial charge on any atom is 0.291 e. The monoisotopic (exact) mass is 234 g/mol. The van der Waals surface area contributed by atoms with E-state index in [2.05, 4.69) is 30.5 Å². The number of H-pyrrole nitrogens is 2. The number of aromatic nitrogens is 5. The lowest BCUT2D eigenvalue weighted by atomic mass is 10.2. The standard InChI is InChI=1S/C10H14N6O/c1-6(2)8-14-9(16-15-8)10(17)12-4-7-3-11-5-13-7/h3,5-6H,4H2,1-2H3,(H,11,13)(H,12,17)(H,14,15,16). The number of aromatic amines is 2. The van der Waals surface area contributed by atoms with Crippen LogP contribution in [0.25, 0.3) is 0 Å². The SMILES string of the molecule is CC(C)c1nc(C(=O)NCc2cnc[nH]2)n[nH]1. The molecule has 0 saturated heterocycles. The van der Waals surface area contributed by atoms with Crippen molar-refractivity contribution in [3.05, 3.63) is 29.9 Å². The Morgan fingerprint density at radius 3 is 2.94 bits per heavy atom. The Labute approximate surface area is 98.1 Å². The van der Waals surface area contributed by atoms with Crippen LogP contribution in [-0.2, 0) is 6.54 Å². The largest absolute Gasteiger partial charge is 0.347 e. The van der Waals surface area contributed by atoms with Gasteiger partial charge in [0.15, 0.2) is 0 Å². The second kappa shape index (κ2) is 4.77. The molecule has 0 aliphatic carbocycles. The maximum absolute atomic E-state index is 11.7. The molecule has 2 heterocycles. The summed E-state index contributed by atoms with van der Waals surface area (Å²) < 4.78 is 0. The van der Waals surface area contributed by atoms with Gasteiger partial charge in [0.25, 0.3) is 5.91 Å². The summed E-state index contributed by atoms with van der Waals surface area (Å²) in [5, 5.41) is 9.30. The Morgan fingerprint density at radius 1 is 1.53 bits per heavy atom. The van der Waals surface area contributed by atoms with Crippen LogP contribution in [0.15, 0.2) is 12.5 Å². The predicted octanol–water partition coefficient (Wildman–Crippen LogP) is 0.581. The summed E-state index contributed by atoms with van der Waals surface area (Å²) in [4.78, 5) is 22.5. The molecule has 0 bridgehead atoms. The van der Waals surface area contributed by atoms with Crippen LogP contribution in [0.2, 0.25) is 0 Å². The smallest absolute Gasteiger partial charge is 0.291 e. The van der Waals surface area contributed by atoms with E-state index in [1.807, 2.05) is 13.8 Å². The molecule has 0 saturated carbocycles. The minimum atomic E-state index is -0.303. The Kier molecular flexibility index (Phi) is 3.17. The van der Waals surface area contributed by atoms with Crippen molar-refractivity contribution in [2.45, 2.75) is 26.3 Å². The summed E-state index contributed by atoms with van der Waals surface area (Å²) in [5.74, 6) is 0.782. The molecule has 1 amide bonds. The lowest BCUT2D eigenvalue weighted by Gasteiger charge is -1.99. The summed E-state index contributed by atoms with van der Waals surface area (Å²) in [6.45, 7) is 4.34. The van der Waals surface area contributed by atoms with Gasteiger partial charge in [-0.1, -0.05) is 13.8 Å². The lowest BCUT2D eigenvalue weighted by Crippen LogP contribution is -2.24. The van der Waals surface area contributed by atoms with Gasteiger partial charge < -0.3 is 10.3 Å². The van der Waals surface area contributed by atoms with E-state index in [4.69, 9.17) is 0 Å². The third kappa shape index (κ3) is 2.68. The fraction of sp³-hybridized carbons (Fsp3) is 0.400. The number of nitrogens with zero attached hydrogens (tertiary/aromatic N) is 3. The number of rotatable bonds is 4. The highest BCUT2D eigenvalue weighted by molar-refractivity contribution is 5.90. The zero-order chi connectivity index (χ0) is 12.3. The Bertz CT molecular complexity index is 487. The van der Waals surface area contributed by atoms with Gasteiger partial charge in [-0.05, 0) is 0 Å². The van der Waals surface area contributed by atoms with E-state index in [1.165, 1.54) is 0 Å². The van der Waals surface area contributed by atoms with E-state index in [0.29, 0.717) is 12.4 Å². The first kappa shape index (κ1) is 11.3. The summed E-state index contributed by atoms with van der Waals surface area (Å²) in [5.41, 5.74) is 0.831. The number of nitrogens with one attached hydrogen (secondary N) is 3. The fourth-order valence-electron chi connectivity index (χ4n) is 1.27. The van der Waals surface area contributed by atoms with Crippen molar-refractivity contribution in [2.75, 3.05) is 0 Å². The topological polar surface area (TPSA) is 99.3 Å². The van der Waals surface area contributed by atoms with Gasteiger partial charge in [0.2, 0.25) is 5.82 Å². The van der Waals surface area contributed by atoms with Crippen molar-refractivity contribution in [3.8, 4) is 0 Å². The Hall–Kier alpha value is -2.18. The summed E-state index contributed by atoms with van der Waals surface area (Å²) >= 11 is 0. The summed E-state index contributed by atoms with van der Waals surface area (Å²) in [7, 11) is 0. The van der Waals surface area contributed by atoms with Crippen LogP contribution in [0.1, 0.15) is 41.9 Å². The van der Waals surface area contributed by atoms with Crippen molar-refractivity contribution in [1.82, 2.24) is 30.5 Å². The van der Waals surface area contributed by atoms with Gasteiger partial charge in [-0.3, -0.25) is 9.89 Å². The third-order valence-corrected chi connectivity index (χ3v) is 2.25. The molecular formula is C10H14N6O. The molecule has 90 valence electrons. The molecule has 0 aliphatic heterocycles. The van der Waals surface area contributed by atoms with Crippen LogP contribution in [0.3, 0.4) is 0 Å². The summed E-state index contributed by atoms with van der Waals surface area (Å²) in [6.07, 6.45) is 3.21. The molecule has 0 aliphatic rings. The second-order valence-electron chi connectivity index (χ2n) is 3.96. The van der Waals surface area contributed by atoms with Crippen molar-refractivity contribution in [2.24, 2.45) is 0 Å². The molecule has 0 aromatic carbocycles. The number of carbonyl (C=O) groups excluding carboxylic acids is 1. The van der Waals surface area contributed by atoms with Crippen molar-refractivity contribution in [1.29, 1.82) is 0 Å². The Morgan fingerprint density at radius 2 is 2.35 bits per heavy atom. The number of carbonyl (C=O) groups is 1. The van der Waals surface area contributed by atoms with Gasteiger partial charge in [0.1, 0.15) is 5.82 Å². The molecule has 0 unspecified atom stereocenters. The average molecular weight is 234 g/mol. The number of hydrogen-bond donors (Lipinski definition) is 3. The van der Waals surface area contributed by atoms with Gasteiger partial charge in [0.05, 0.1) is 18.6 Å². The highest BCUT2D eigenvalue weighted by atomic mass is 16.2. The van der Waals surface area contributed by atoms with Gasteiger partial charge in [0, 0.05) is 12.1 Å². The molecular weight excluding hydrogens is 220 g/mol. The van der Waals surface area contributed by atoms with E-state index < -0.39 is 0 Å². The minimum Gasteiger partial charge on any atom is -0.347 e. The maximum atomic E-state index is 11.7. The molecule has 0 atom stereocenters. The first-order chi connectivity index (χ1) is 8.16. The van der Waals surface area contributed by atoms with Gasteiger partial charge >= 0.3 is 0 Å². The fourth-order valence-corrected chi connectivity index (χ4v) is 1.27. The van der Waals surface area contributed by atoms with Crippen molar-refractivity contribution < 1.29 is 4.79 Å². The number of hydrogen-bond acceptors (Lipinski definition) is 4. The van der Waals surface area contributed by atoms with E-state index in [9.17, 15) is 4.79 Å². The normalized spacial score (nSPS) is 10.8. The van der Waals surface area contributed by atoms with Gasteiger partial charge in [-0.15, -0.1) is 5.10 Å². The first-order valence-corrected chi connectivity index (χ1v) is 5.34. The molecule has 3 N–H and O–H groups in total. The highest BCUT2D eigenvalue weighted by Gasteiger charge is 2.13. The van der Waals surface area contributed by atoms with E-state index in [1.54, 1.807) is 12.5 Å². The van der Waals surface area contributed by atoms with Crippen molar-refractivity contribution >= 4 is 5.91 Å². The third-order valence-electron chi connectivity index (χ3n) is 2.25. The van der Waals surface area contributed by atoms with Crippen molar-refractivity contribution in [3.63, 3.8) is 0 Å². The molecule has 0 spiro atoms. The van der Waals surface area contributed by atoms with Crippen LogP contribution in [0, 0.1) is 0 Å².